The average molecular weight is 116 g/mol. The molecule has 0 aliphatic carbocycles. The summed E-state index contributed by atoms with van der Waals surface area (Å²) in [4.78, 5) is 2.01. The van der Waals surface area contributed by atoms with Gasteiger partial charge in [0.15, 0.2) is 0 Å². The van der Waals surface area contributed by atoms with E-state index in [4.69, 9.17) is 4.74 Å². The van der Waals surface area contributed by atoms with Crippen LogP contribution in [0.15, 0.2) is 0 Å². The Morgan fingerprint density at radius 2 is 2.25 bits per heavy atom. The molecule has 0 saturated carbocycles. The molecular formula is C6H14NO. The maximum Gasteiger partial charge on any atom is 0.107 e. The van der Waals surface area contributed by atoms with Crippen LogP contribution in [0.4, 0.5) is 0 Å². The summed E-state index contributed by atoms with van der Waals surface area (Å²) < 4.78 is 4.99. The standard InChI is InChI=1S/C6H14NO/c1-5-7(3)6(2)8-4/h6H,1,5H2,2-4H3. The molecule has 49 valence electrons. The number of hydrogen-bond donors (Lipinski definition) is 0. The van der Waals surface area contributed by atoms with Crippen molar-refractivity contribution in [3.05, 3.63) is 6.92 Å². The summed E-state index contributed by atoms with van der Waals surface area (Å²) in [6, 6.07) is 0. The maximum atomic E-state index is 4.99. The predicted molar refractivity (Wildman–Crippen MR) is 34.5 cm³/mol. The quantitative estimate of drug-likeness (QED) is 0.504. The largest absolute Gasteiger partial charge is 0.367 e. The van der Waals surface area contributed by atoms with Gasteiger partial charge >= 0.3 is 0 Å². The first-order chi connectivity index (χ1) is 3.72. The smallest absolute Gasteiger partial charge is 0.107 e. The molecule has 0 aliphatic heterocycles. The third-order valence-electron chi connectivity index (χ3n) is 1.31. The average Bonchev–Trinajstić information content (AvgIpc) is 1.84. The van der Waals surface area contributed by atoms with Crippen LogP contribution in [0.2, 0.25) is 0 Å². The van der Waals surface area contributed by atoms with E-state index < -0.39 is 0 Å². The van der Waals surface area contributed by atoms with Crippen molar-refractivity contribution in [3.63, 3.8) is 0 Å². The van der Waals surface area contributed by atoms with Crippen LogP contribution in [0.25, 0.3) is 0 Å². The molecular weight excluding hydrogens is 102 g/mol. The van der Waals surface area contributed by atoms with Crippen LogP contribution in [0.5, 0.6) is 0 Å². The summed E-state index contributed by atoms with van der Waals surface area (Å²) in [5.41, 5.74) is 0. The predicted octanol–water partition coefficient (Wildman–Crippen LogP) is 0.745. The van der Waals surface area contributed by atoms with Crippen molar-refractivity contribution in [1.82, 2.24) is 4.90 Å². The van der Waals surface area contributed by atoms with Crippen LogP contribution in [0, 0.1) is 6.92 Å². The molecule has 1 atom stereocenters. The summed E-state index contributed by atoms with van der Waals surface area (Å²) in [6.45, 7) is 6.48. The molecule has 0 aliphatic rings. The molecule has 1 radical (unpaired) electrons. The fourth-order valence-electron chi connectivity index (χ4n) is 0.362. The van der Waals surface area contributed by atoms with Crippen molar-refractivity contribution in [3.8, 4) is 0 Å². The summed E-state index contributed by atoms with van der Waals surface area (Å²) in [5, 5.41) is 0. The summed E-state index contributed by atoms with van der Waals surface area (Å²) in [6.07, 6.45) is 0.187. The molecule has 0 N–H and O–H groups in total. The van der Waals surface area contributed by atoms with E-state index in [2.05, 4.69) is 6.92 Å². The SMILES string of the molecule is [CH2]CN(C)C(C)OC. The zero-order valence-corrected chi connectivity index (χ0v) is 5.85. The number of hydrogen-bond acceptors (Lipinski definition) is 2. The summed E-state index contributed by atoms with van der Waals surface area (Å²) >= 11 is 0. The second kappa shape index (κ2) is 3.87. The van der Waals surface area contributed by atoms with Gasteiger partial charge in [-0.25, -0.2) is 0 Å². The molecule has 0 aromatic heterocycles. The highest BCUT2D eigenvalue weighted by Crippen LogP contribution is 1.92. The molecule has 2 heteroatoms. The minimum Gasteiger partial charge on any atom is -0.367 e. The molecule has 0 fully saturated rings. The zero-order valence-electron chi connectivity index (χ0n) is 5.85. The molecule has 0 spiro atoms. The normalized spacial score (nSPS) is 14.6. The van der Waals surface area contributed by atoms with Gasteiger partial charge in [0.05, 0.1) is 0 Å². The van der Waals surface area contributed by atoms with Gasteiger partial charge < -0.3 is 4.74 Å². The van der Waals surface area contributed by atoms with E-state index in [0.29, 0.717) is 0 Å². The lowest BCUT2D eigenvalue weighted by molar-refractivity contribution is 0.00282. The molecule has 0 amide bonds. The Labute approximate surface area is 51.4 Å². The Hall–Kier alpha value is -0.0800. The Kier molecular flexibility index (Phi) is 3.83. The van der Waals surface area contributed by atoms with E-state index in [1.165, 1.54) is 0 Å². The van der Waals surface area contributed by atoms with Gasteiger partial charge in [-0.2, -0.15) is 0 Å². The highest BCUT2D eigenvalue weighted by Gasteiger charge is 2.01. The molecule has 1 unspecified atom stereocenters. The lowest BCUT2D eigenvalue weighted by Crippen LogP contribution is -2.29. The van der Waals surface area contributed by atoms with Crippen LogP contribution in [0.3, 0.4) is 0 Å². The molecule has 0 bridgehead atoms. The summed E-state index contributed by atoms with van der Waals surface area (Å²) in [7, 11) is 3.66. The van der Waals surface area contributed by atoms with E-state index in [9.17, 15) is 0 Å². The Morgan fingerprint density at radius 1 is 1.75 bits per heavy atom. The number of methoxy groups -OCH3 is 1. The van der Waals surface area contributed by atoms with Crippen molar-refractivity contribution < 1.29 is 4.74 Å². The molecule has 0 aromatic carbocycles. The molecule has 0 heterocycles. The lowest BCUT2D eigenvalue weighted by atomic mass is 10.5. The highest BCUT2D eigenvalue weighted by atomic mass is 16.5. The van der Waals surface area contributed by atoms with Crippen LogP contribution < -0.4 is 0 Å². The van der Waals surface area contributed by atoms with Gasteiger partial charge in [-0.3, -0.25) is 4.90 Å². The van der Waals surface area contributed by atoms with Crippen molar-refractivity contribution >= 4 is 0 Å². The zero-order chi connectivity index (χ0) is 6.57. The molecule has 8 heavy (non-hydrogen) atoms. The van der Waals surface area contributed by atoms with E-state index in [0.717, 1.165) is 6.54 Å². The Bertz CT molecular complexity index is 48.5. The number of ether oxygens (including phenoxy) is 1. The first-order valence-corrected chi connectivity index (χ1v) is 2.74. The van der Waals surface area contributed by atoms with Gasteiger partial charge in [0.25, 0.3) is 0 Å². The van der Waals surface area contributed by atoms with Crippen LogP contribution >= 0.6 is 0 Å². The number of rotatable bonds is 3. The fraction of sp³-hybridized carbons (Fsp3) is 0.833. The van der Waals surface area contributed by atoms with Crippen LogP contribution in [-0.4, -0.2) is 31.8 Å². The topological polar surface area (TPSA) is 12.5 Å². The van der Waals surface area contributed by atoms with Crippen molar-refractivity contribution in [2.24, 2.45) is 0 Å². The van der Waals surface area contributed by atoms with E-state index in [-0.39, 0.29) is 6.23 Å². The summed E-state index contributed by atoms with van der Waals surface area (Å²) in [5.74, 6) is 0. The Morgan fingerprint density at radius 3 is 2.38 bits per heavy atom. The van der Waals surface area contributed by atoms with Gasteiger partial charge in [0.2, 0.25) is 0 Å². The van der Waals surface area contributed by atoms with Crippen molar-refractivity contribution in [2.45, 2.75) is 13.2 Å². The third-order valence-corrected chi connectivity index (χ3v) is 1.31. The molecule has 0 aromatic rings. The highest BCUT2D eigenvalue weighted by molar-refractivity contribution is 4.52. The monoisotopic (exact) mass is 116 g/mol. The van der Waals surface area contributed by atoms with E-state index in [1.807, 2.05) is 18.9 Å². The first kappa shape index (κ1) is 7.92. The maximum absolute atomic E-state index is 4.99. The van der Waals surface area contributed by atoms with Gasteiger partial charge in [0, 0.05) is 13.7 Å². The van der Waals surface area contributed by atoms with E-state index in [1.54, 1.807) is 7.11 Å². The first-order valence-electron chi connectivity index (χ1n) is 2.74. The van der Waals surface area contributed by atoms with Crippen molar-refractivity contribution in [1.29, 1.82) is 0 Å². The van der Waals surface area contributed by atoms with Crippen LogP contribution in [0.1, 0.15) is 6.92 Å². The van der Waals surface area contributed by atoms with Gasteiger partial charge in [0.1, 0.15) is 6.23 Å². The van der Waals surface area contributed by atoms with E-state index >= 15 is 0 Å². The second-order valence-corrected chi connectivity index (χ2v) is 1.82. The van der Waals surface area contributed by atoms with Crippen LogP contribution in [-0.2, 0) is 4.74 Å². The number of nitrogens with zero attached hydrogens (tertiary/aromatic N) is 1. The molecule has 2 nitrogen and oxygen atoms in total. The lowest BCUT2D eigenvalue weighted by Gasteiger charge is -2.20. The third kappa shape index (κ3) is 2.28. The van der Waals surface area contributed by atoms with Gasteiger partial charge in [-0.1, -0.05) is 0 Å². The molecule has 0 saturated heterocycles. The molecule has 0 rings (SSSR count). The fourth-order valence-corrected chi connectivity index (χ4v) is 0.362. The minimum absolute atomic E-state index is 0.187. The van der Waals surface area contributed by atoms with Gasteiger partial charge in [-0.05, 0) is 20.9 Å². The Balaban J connectivity index is 3.29. The van der Waals surface area contributed by atoms with Gasteiger partial charge in [-0.15, -0.1) is 0 Å². The van der Waals surface area contributed by atoms with Crippen molar-refractivity contribution in [2.75, 3.05) is 20.7 Å². The minimum atomic E-state index is 0.187. The second-order valence-electron chi connectivity index (χ2n) is 1.82.